The quantitative estimate of drug-likeness (QED) is 0.544. The molecule has 0 spiro atoms. The SMILES string of the molecule is O=C1CCC(NC(=O)c2c(O)cccc2O)C(=O)N1. The van der Waals surface area contributed by atoms with E-state index in [4.69, 9.17) is 0 Å². The number of nitrogens with one attached hydrogen (secondary N) is 2. The van der Waals surface area contributed by atoms with Crippen LogP contribution in [0, 0.1) is 0 Å². The van der Waals surface area contributed by atoms with Gasteiger partial charge in [-0.25, -0.2) is 0 Å². The summed E-state index contributed by atoms with van der Waals surface area (Å²) in [5.74, 6) is -2.53. The molecule has 1 fully saturated rings. The van der Waals surface area contributed by atoms with Gasteiger partial charge in [-0.15, -0.1) is 0 Å². The highest BCUT2D eigenvalue weighted by atomic mass is 16.3. The fraction of sp³-hybridized carbons (Fsp3) is 0.250. The zero-order valence-corrected chi connectivity index (χ0v) is 9.84. The second-order valence-corrected chi connectivity index (χ2v) is 4.15. The smallest absolute Gasteiger partial charge is 0.259 e. The van der Waals surface area contributed by atoms with Crippen molar-refractivity contribution in [3.05, 3.63) is 23.8 Å². The summed E-state index contributed by atoms with van der Waals surface area (Å²) < 4.78 is 0. The predicted octanol–water partition coefficient (Wildman–Crippen LogP) is -0.367. The van der Waals surface area contributed by atoms with Gasteiger partial charge in [-0.05, 0) is 18.6 Å². The van der Waals surface area contributed by atoms with Gasteiger partial charge in [0.2, 0.25) is 11.8 Å². The van der Waals surface area contributed by atoms with E-state index in [9.17, 15) is 24.6 Å². The van der Waals surface area contributed by atoms with Crippen LogP contribution in [-0.4, -0.2) is 34.0 Å². The fourth-order valence-corrected chi connectivity index (χ4v) is 1.82. The van der Waals surface area contributed by atoms with Crippen molar-refractivity contribution in [1.29, 1.82) is 0 Å². The topological polar surface area (TPSA) is 116 Å². The molecule has 1 unspecified atom stereocenters. The number of aromatic hydroxyl groups is 2. The second kappa shape index (κ2) is 4.97. The molecule has 1 heterocycles. The number of imide groups is 1. The van der Waals surface area contributed by atoms with Crippen LogP contribution in [0.15, 0.2) is 18.2 Å². The Labute approximate surface area is 108 Å². The Balaban J connectivity index is 2.13. The highest BCUT2D eigenvalue weighted by Gasteiger charge is 2.29. The molecular formula is C12H12N2O5. The highest BCUT2D eigenvalue weighted by molar-refractivity contribution is 6.05. The summed E-state index contributed by atoms with van der Waals surface area (Å²) in [7, 11) is 0. The molecule has 7 heteroatoms. The monoisotopic (exact) mass is 264 g/mol. The summed E-state index contributed by atoms with van der Waals surface area (Å²) >= 11 is 0. The highest BCUT2D eigenvalue weighted by Crippen LogP contribution is 2.26. The molecule has 0 radical (unpaired) electrons. The van der Waals surface area contributed by atoms with E-state index in [0.29, 0.717) is 0 Å². The van der Waals surface area contributed by atoms with Crippen LogP contribution in [0.3, 0.4) is 0 Å². The lowest BCUT2D eigenvalue weighted by atomic mass is 10.1. The van der Waals surface area contributed by atoms with Crippen LogP contribution in [0.4, 0.5) is 0 Å². The lowest BCUT2D eigenvalue weighted by Crippen LogP contribution is -2.52. The van der Waals surface area contributed by atoms with Crippen LogP contribution in [0.25, 0.3) is 0 Å². The van der Waals surface area contributed by atoms with E-state index in [2.05, 4.69) is 10.6 Å². The fourth-order valence-electron chi connectivity index (χ4n) is 1.82. The third-order valence-electron chi connectivity index (χ3n) is 2.79. The molecule has 4 N–H and O–H groups in total. The number of amides is 3. The van der Waals surface area contributed by atoms with Gasteiger partial charge in [-0.1, -0.05) is 6.07 Å². The van der Waals surface area contributed by atoms with E-state index >= 15 is 0 Å². The summed E-state index contributed by atoms with van der Waals surface area (Å²) in [6.07, 6.45) is 0.314. The van der Waals surface area contributed by atoms with Gasteiger partial charge in [-0.3, -0.25) is 19.7 Å². The number of hydrogen-bond acceptors (Lipinski definition) is 5. The van der Waals surface area contributed by atoms with Crippen LogP contribution in [-0.2, 0) is 9.59 Å². The number of carbonyl (C=O) groups is 3. The second-order valence-electron chi connectivity index (χ2n) is 4.15. The van der Waals surface area contributed by atoms with E-state index in [1.807, 2.05) is 0 Å². The maximum Gasteiger partial charge on any atom is 0.259 e. The number of phenols is 2. The molecule has 1 aromatic carbocycles. The lowest BCUT2D eigenvalue weighted by Gasteiger charge is -2.22. The molecule has 1 atom stereocenters. The molecule has 7 nitrogen and oxygen atoms in total. The van der Waals surface area contributed by atoms with E-state index < -0.39 is 17.9 Å². The molecule has 3 amide bonds. The molecule has 0 aliphatic carbocycles. The van der Waals surface area contributed by atoms with Gasteiger partial charge in [0.25, 0.3) is 5.91 Å². The van der Waals surface area contributed by atoms with Crippen molar-refractivity contribution in [2.45, 2.75) is 18.9 Å². The van der Waals surface area contributed by atoms with Crippen molar-refractivity contribution in [3.63, 3.8) is 0 Å². The Morgan fingerprint density at radius 2 is 1.89 bits per heavy atom. The minimum atomic E-state index is -0.857. The summed E-state index contributed by atoms with van der Waals surface area (Å²) in [6, 6.07) is 3.02. The average molecular weight is 264 g/mol. The van der Waals surface area contributed by atoms with E-state index in [1.54, 1.807) is 0 Å². The molecule has 1 aliphatic heterocycles. The third-order valence-corrected chi connectivity index (χ3v) is 2.79. The number of hydrogen-bond donors (Lipinski definition) is 4. The van der Waals surface area contributed by atoms with Crippen LogP contribution >= 0.6 is 0 Å². The average Bonchev–Trinajstić information content (AvgIpc) is 2.32. The Kier molecular flexibility index (Phi) is 3.37. The molecule has 1 saturated heterocycles. The summed E-state index contributed by atoms with van der Waals surface area (Å²) in [4.78, 5) is 34.3. The van der Waals surface area contributed by atoms with Gasteiger partial charge in [-0.2, -0.15) is 0 Å². The first-order valence-corrected chi connectivity index (χ1v) is 5.64. The zero-order chi connectivity index (χ0) is 14.0. The van der Waals surface area contributed by atoms with Crippen LogP contribution in [0.2, 0.25) is 0 Å². The lowest BCUT2D eigenvalue weighted by molar-refractivity contribution is -0.134. The van der Waals surface area contributed by atoms with Crippen molar-refractivity contribution < 1.29 is 24.6 Å². The zero-order valence-electron chi connectivity index (χ0n) is 9.84. The standard InChI is InChI=1S/C12H12N2O5/c15-7-2-1-3-8(16)10(7)12(19)13-6-4-5-9(17)14-11(6)18/h1-3,6,15-16H,4-5H2,(H,13,19)(H,14,17,18). The van der Waals surface area contributed by atoms with Crippen molar-refractivity contribution in [2.75, 3.05) is 0 Å². The molecule has 0 saturated carbocycles. The van der Waals surface area contributed by atoms with Gasteiger partial charge in [0.05, 0.1) is 0 Å². The van der Waals surface area contributed by atoms with Crippen molar-refractivity contribution in [1.82, 2.24) is 10.6 Å². The Bertz CT molecular complexity index is 535. The van der Waals surface area contributed by atoms with Crippen molar-refractivity contribution >= 4 is 17.7 Å². The summed E-state index contributed by atoms with van der Waals surface area (Å²) in [5.41, 5.74) is -0.299. The maximum absolute atomic E-state index is 11.9. The van der Waals surface area contributed by atoms with E-state index in [-0.39, 0.29) is 35.8 Å². The van der Waals surface area contributed by atoms with Crippen LogP contribution < -0.4 is 10.6 Å². The van der Waals surface area contributed by atoms with Crippen molar-refractivity contribution in [3.8, 4) is 11.5 Å². The van der Waals surface area contributed by atoms with E-state index in [1.165, 1.54) is 18.2 Å². The number of rotatable bonds is 2. The largest absolute Gasteiger partial charge is 0.507 e. The normalized spacial score (nSPS) is 18.8. The molecule has 1 aromatic rings. The van der Waals surface area contributed by atoms with Crippen molar-refractivity contribution in [2.24, 2.45) is 0 Å². The molecule has 1 aliphatic rings. The molecule has 100 valence electrons. The maximum atomic E-state index is 11.9. The molecule has 0 aromatic heterocycles. The third kappa shape index (κ3) is 2.65. The number of phenolic OH excluding ortho intramolecular Hbond substituents is 2. The Morgan fingerprint density at radius 1 is 1.26 bits per heavy atom. The van der Waals surface area contributed by atoms with Gasteiger partial charge >= 0.3 is 0 Å². The first-order valence-electron chi connectivity index (χ1n) is 5.64. The van der Waals surface area contributed by atoms with Gasteiger partial charge < -0.3 is 15.5 Å². The minimum absolute atomic E-state index is 0.128. The van der Waals surface area contributed by atoms with E-state index in [0.717, 1.165) is 0 Å². The molecule has 19 heavy (non-hydrogen) atoms. The molecule has 2 rings (SSSR count). The predicted molar refractivity (Wildman–Crippen MR) is 63.4 cm³/mol. The Morgan fingerprint density at radius 3 is 2.47 bits per heavy atom. The number of benzene rings is 1. The van der Waals surface area contributed by atoms with Crippen LogP contribution in [0.5, 0.6) is 11.5 Å². The van der Waals surface area contributed by atoms with Gasteiger partial charge in [0.1, 0.15) is 23.1 Å². The first kappa shape index (κ1) is 12.9. The first-order chi connectivity index (χ1) is 8.99. The van der Waals surface area contributed by atoms with Gasteiger partial charge in [0, 0.05) is 6.42 Å². The molecular weight excluding hydrogens is 252 g/mol. The van der Waals surface area contributed by atoms with Crippen LogP contribution in [0.1, 0.15) is 23.2 Å². The minimum Gasteiger partial charge on any atom is -0.507 e. The van der Waals surface area contributed by atoms with Gasteiger partial charge in [0.15, 0.2) is 0 Å². The summed E-state index contributed by atoms with van der Waals surface area (Å²) in [5, 5.41) is 23.5. The number of piperidine rings is 1. The molecule has 0 bridgehead atoms. The summed E-state index contributed by atoms with van der Waals surface area (Å²) in [6.45, 7) is 0. The number of carbonyl (C=O) groups excluding carboxylic acids is 3. The Hall–Kier alpha value is -2.57.